The van der Waals surface area contributed by atoms with Crippen LogP contribution in [0.2, 0.25) is 0 Å². The van der Waals surface area contributed by atoms with Crippen LogP contribution in [0.25, 0.3) is 16.9 Å². The average Bonchev–Trinajstić information content (AvgIpc) is 2.87. The zero-order valence-electron chi connectivity index (χ0n) is 9.19. The highest BCUT2D eigenvalue weighted by Crippen LogP contribution is 2.21. The second-order valence-corrected chi connectivity index (χ2v) is 3.68. The highest BCUT2D eigenvalue weighted by atomic mass is 16.4. The molecule has 88 valence electrons. The number of carboxylic acid groups (broad SMARTS) is 1. The van der Waals surface area contributed by atoms with E-state index in [2.05, 4.69) is 15.1 Å². The molecule has 1 N–H and O–H groups in total. The van der Waals surface area contributed by atoms with Crippen molar-refractivity contribution in [1.82, 2.24) is 19.6 Å². The first kappa shape index (κ1) is 10.4. The number of aromatic carboxylic acids is 1. The predicted molar refractivity (Wildman–Crippen MR) is 63.2 cm³/mol. The zero-order chi connectivity index (χ0) is 12.5. The fourth-order valence-corrected chi connectivity index (χ4v) is 1.76. The van der Waals surface area contributed by atoms with Gasteiger partial charge in [-0.05, 0) is 24.3 Å². The molecule has 0 spiro atoms. The summed E-state index contributed by atoms with van der Waals surface area (Å²) in [5.74, 6) is -0.980. The summed E-state index contributed by atoms with van der Waals surface area (Å²) >= 11 is 0. The van der Waals surface area contributed by atoms with Crippen LogP contribution in [-0.2, 0) is 0 Å². The van der Waals surface area contributed by atoms with Crippen LogP contribution in [0.4, 0.5) is 0 Å². The van der Waals surface area contributed by atoms with Crippen LogP contribution in [-0.4, -0.2) is 30.7 Å². The average molecular weight is 240 g/mol. The highest BCUT2D eigenvalue weighted by molar-refractivity contribution is 5.89. The van der Waals surface area contributed by atoms with E-state index in [9.17, 15) is 4.79 Å². The maximum atomic E-state index is 10.9. The van der Waals surface area contributed by atoms with Gasteiger partial charge in [0.05, 0.1) is 11.3 Å². The molecule has 3 aromatic rings. The van der Waals surface area contributed by atoms with Crippen molar-refractivity contribution in [3.8, 4) is 11.3 Å². The molecule has 6 heteroatoms. The Labute approximate surface area is 102 Å². The van der Waals surface area contributed by atoms with Crippen LogP contribution >= 0.6 is 0 Å². The highest BCUT2D eigenvalue weighted by Gasteiger charge is 2.10. The van der Waals surface area contributed by atoms with Gasteiger partial charge < -0.3 is 5.11 Å². The number of aromatic nitrogens is 4. The Hall–Kier alpha value is -2.76. The van der Waals surface area contributed by atoms with E-state index < -0.39 is 5.97 Å². The predicted octanol–water partition coefficient (Wildman–Crippen LogP) is 1.49. The fourth-order valence-electron chi connectivity index (χ4n) is 1.76. The molecular formula is C12H8N4O2. The minimum absolute atomic E-state index is 0.196. The maximum absolute atomic E-state index is 10.9. The Kier molecular flexibility index (Phi) is 2.26. The SMILES string of the molecule is O=C(O)c1ccnc(-c2cccn3ncnc23)c1. The van der Waals surface area contributed by atoms with E-state index in [1.165, 1.54) is 24.7 Å². The summed E-state index contributed by atoms with van der Waals surface area (Å²) < 4.78 is 1.62. The van der Waals surface area contributed by atoms with Crippen molar-refractivity contribution in [1.29, 1.82) is 0 Å². The summed E-state index contributed by atoms with van der Waals surface area (Å²) in [6, 6.07) is 6.62. The van der Waals surface area contributed by atoms with E-state index in [1.54, 1.807) is 10.7 Å². The van der Waals surface area contributed by atoms with Crippen LogP contribution in [0.1, 0.15) is 10.4 Å². The van der Waals surface area contributed by atoms with Crippen molar-refractivity contribution in [2.24, 2.45) is 0 Å². The van der Waals surface area contributed by atoms with Crippen molar-refractivity contribution in [3.05, 3.63) is 48.5 Å². The smallest absolute Gasteiger partial charge is 0.335 e. The Bertz CT molecular complexity index is 736. The third-order valence-electron chi connectivity index (χ3n) is 2.59. The van der Waals surface area contributed by atoms with Crippen LogP contribution in [0.5, 0.6) is 0 Å². The molecule has 0 radical (unpaired) electrons. The van der Waals surface area contributed by atoms with Gasteiger partial charge in [-0.2, -0.15) is 5.10 Å². The minimum Gasteiger partial charge on any atom is -0.478 e. The molecule has 0 saturated carbocycles. The van der Waals surface area contributed by atoms with E-state index in [1.807, 2.05) is 12.1 Å². The fraction of sp³-hybridized carbons (Fsp3) is 0. The summed E-state index contributed by atoms with van der Waals surface area (Å²) in [4.78, 5) is 19.2. The van der Waals surface area contributed by atoms with Gasteiger partial charge in [0.2, 0.25) is 0 Å². The summed E-state index contributed by atoms with van der Waals surface area (Å²) in [5, 5.41) is 13.0. The first-order valence-electron chi connectivity index (χ1n) is 5.24. The van der Waals surface area contributed by atoms with E-state index >= 15 is 0 Å². The lowest BCUT2D eigenvalue weighted by Gasteiger charge is -2.03. The summed E-state index contributed by atoms with van der Waals surface area (Å²) in [6.07, 6.45) is 4.69. The molecule has 0 aliphatic carbocycles. The number of carboxylic acids is 1. The first-order valence-corrected chi connectivity index (χ1v) is 5.24. The number of nitrogens with zero attached hydrogens (tertiary/aromatic N) is 4. The molecule has 0 atom stereocenters. The molecular weight excluding hydrogens is 232 g/mol. The van der Waals surface area contributed by atoms with Gasteiger partial charge >= 0.3 is 5.97 Å². The monoisotopic (exact) mass is 240 g/mol. The Morgan fingerprint density at radius 3 is 3.00 bits per heavy atom. The van der Waals surface area contributed by atoms with E-state index in [-0.39, 0.29) is 5.56 Å². The Morgan fingerprint density at radius 2 is 2.17 bits per heavy atom. The number of hydrogen-bond acceptors (Lipinski definition) is 4. The van der Waals surface area contributed by atoms with Gasteiger partial charge in [-0.3, -0.25) is 4.98 Å². The van der Waals surface area contributed by atoms with Gasteiger partial charge in [-0.25, -0.2) is 14.3 Å². The molecule has 18 heavy (non-hydrogen) atoms. The van der Waals surface area contributed by atoms with Crippen LogP contribution < -0.4 is 0 Å². The van der Waals surface area contributed by atoms with Crippen molar-refractivity contribution in [2.45, 2.75) is 0 Å². The normalized spacial score (nSPS) is 10.7. The summed E-state index contributed by atoms with van der Waals surface area (Å²) in [5.41, 5.74) is 2.15. The molecule has 0 aliphatic rings. The first-order chi connectivity index (χ1) is 8.75. The number of carbonyl (C=O) groups is 1. The molecule has 0 amide bonds. The van der Waals surface area contributed by atoms with Crippen molar-refractivity contribution in [3.63, 3.8) is 0 Å². The summed E-state index contributed by atoms with van der Waals surface area (Å²) in [7, 11) is 0. The minimum atomic E-state index is -0.980. The quantitative estimate of drug-likeness (QED) is 0.734. The second kappa shape index (κ2) is 3.92. The van der Waals surface area contributed by atoms with Crippen LogP contribution in [0.15, 0.2) is 43.0 Å². The van der Waals surface area contributed by atoms with Gasteiger partial charge in [0, 0.05) is 18.0 Å². The molecule has 3 rings (SSSR count). The van der Waals surface area contributed by atoms with E-state index in [0.717, 1.165) is 5.56 Å². The van der Waals surface area contributed by atoms with Crippen molar-refractivity contribution >= 4 is 11.6 Å². The van der Waals surface area contributed by atoms with Crippen LogP contribution in [0.3, 0.4) is 0 Å². The lowest BCUT2D eigenvalue weighted by Crippen LogP contribution is -1.98. The number of rotatable bonds is 2. The molecule has 0 fully saturated rings. The molecule has 0 bridgehead atoms. The van der Waals surface area contributed by atoms with Crippen molar-refractivity contribution in [2.75, 3.05) is 0 Å². The molecule has 6 nitrogen and oxygen atoms in total. The Balaban J connectivity index is 2.23. The lowest BCUT2D eigenvalue weighted by atomic mass is 10.1. The van der Waals surface area contributed by atoms with Gasteiger partial charge in [-0.1, -0.05) is 0 Å². The standard InChI is InChI=1S/C12H8N4O2/c17-12(18)8-3-4-13-10(6-8)9-2-1-5-16-11(9)14-7-15-16/h1-7H,(H,17,18). The zero-order valence-corrected chi connectivity index (χ0v) is 9.19. The van der Waals surface area contributed by atoms with Crippen molar-refractivity contribution < 1.29 is 9.90 Å². The van der Waals surface area contributed by atoms with Gasteiger partial charge in [0.1, 0.15) is 6.33 Å². The maximum Gasteiger partial charge on any atom is 0.335 e. The largest absolute Gasteiger partial charge is 0.478 e. The molecule has 3 aromatic heterocycles. The van der Waals surface area contributed by atoms with E-state index in [4.69, 9.17) is 5.11 Å². The topological polar surface area (TPSA) is 80.4 Å². The van der Waals surface area contributed by atoms with Crippen LogP contribution in [0, 0.1) is 0 Å². The molecule has 3 heterocycles. The summed E-state index contributed by atoms with van der Waals surface area (Å²) in [6.45, 7) is 0. The molecule has 0 unspecified atom stereocenters. The second-order valence-electron chi connectivity index (χ2n) is 3.68. The molecule has 0 aromatic carbocycles. The van der Waals surface area contributed by atoms with Gasteiger partial charge in [-0.15, -0.1) is 0 Å². The molecule has 0 saturated heterocycles. The number of pyridine rings is 2. The number of fused-ring (bicyclic) bond motifs is 1. The third kappa shape index (κ3) is 1.60. The molecule has 0 aliphatic heterocycles. The Morgan fingerprint density at radius 1 is 1.28 bits per heavy atom. The third-order valence-corrected chi connectivity index (χ3v) is 2.59. The lowest BCUT2D eigenvalue weighted by molar-refractivity contribution is 0.0697. The van der Waals surface area contributed by atoms with E-state index in [0.29, 0.717) is 11.3 Å². The van der Waals surface area contributed by atoms with Gasteiger partial charge in [0.15, 0.2) is 5.65 Å². The van der Waals surface area contributed by atoms with Gasteiger partial charge in [0.25, 0.3) is 0 Å². The number of hydrogen-bond donors (Lipinski definition) is 1.